The largest absolute Gasteiger partial charge is 0.481 e. The number of fused-ring (bicyclic) bond motifs is 1. The average Bonchev–Trinajstić information content (AvgIpc) is 2.83. The minimum absolute atomic E-state index is 0.678. The molecule has 0 amide bonds. The van der Waals surface area contributed by atoms with Crippen LogP contribution in [0.3, 0.4) is 0 Å². The van der Waals surface area contributed by atoms with Crippen LogP contribution >= 0.6 is 0 Å². The Balaban J connectivity index is 2.20. The Bertz CT molecular complexity index is 646. The molecule has 2 heterocycles. The molecule has 17 heavy (non-hydrogen) atoms. The Morgan fingerprint density at radius 2 is 1.82 bits per heavy atom. The first kappa shape index (κ1) is 9.84. The first-order valence-electron chi connectivity index (χ1n) is 5.34. The molecule has 0 spiro atoms. The smallest absolute Gasteiger partial charge is 0.216 e. The lowest BCUT2D eigenvalue weighted by atomic mass is 10.2. The third kappa shape index (κ3) is 1.63. The van der Waals surface area contributed by atoms with Gasteiger partial charge in [-0.25, -0.2) is 4.98 Å². The van der Waals surface area contributed by atoms with Crippen molar-refractivity contribution in [2.75, 3.05) is 7.11 Å². The molecule has 3 aromatic rings. The molecule has 0 radical (unpaired) electrons. The molecule has 0 aliphatic carbocycles. The van der Waals surface area contributed by atoms with Crippen molar-refractivity contribution >= 4 is 5.65 Å². The molecule has 0 N–H and O–H groups in total. The van der Waals surface area contributed by atoms with Crippen LogP contribution < -0.4 is 4.74 Å². The lowest BCUT2D eigenvalue weighted by molar-refractivity contribution is 0.386. The van der Waals surface area contributed by atoms with E-state index in [2.05, 4.69) is 10.1 Å². The number of methoxy groups -OCH3 is 1. The Morgan fingerprint density at radius 1 is 1.00 bits per heavy atom. The third-order valence-electron chi connectivity index (χ3n) is 2.57. The zero-order valence-corrected chi connectivity index (χ0v) is 9.37. The average molecular weight is 225 g/mol. The van der Waals surface area contributed by atoms with Crippen molar-refractivity contribution in [3.8, 4) is 17.3 Å². The van der Waals surface area contributed by atoms with Gasteiger partial charge in [0.15, 0.2) is 11.5 Å². The maximum atomic E-state index is 5.24. The monoisotopic (exact) mass is 225 g/mol. The minimum Gasteiger partial charge on any atom is -0.481 e. The summed E-state index contributed by atoms with van der Waals surface area (Å²) in [5, 5.41) is 4.43. The molecule has 84 valence electrons. The van der Waals surface area contributed by atoms with Crippen LogP contribution in [0.5, 0.6) is 5.88 Å². The van der Waals surface area contributed by atoms with Gasteiger partial charge in [0.05, 0.1) is 7.11 Å². The Kier molecular flexibility index (Phi) is 2.26. The second-order valence-electron chi connectivity index (χ2n) is 3.64. The number of hydrogen-bond donors (Lipinski definition) is 0. The third-order valence-corrected chi connectivity index (χ3v) is 2.57. The van der Waals surface area contributed by atoms with Gasteiger partial charge in [-0.1, -0.05) is 36.4 Å². The van der Waals surface area contributed by atoms with E-state index in [1.54, 1.807) is 11.6 Å². The number of rotatable bonds is 2. The van der Waals surface area contributed by atoms with Gasteiger partial charge in [0.1, 0.15) is 0 Å². The number of aromatic nitrogens is 3. The summed E-state index contributed by atoms with van der Waals surface area (Å²) in [6, 6.07) is 15.6. The second kappa shape index (κ2) is 3.90. The standard InChI is InChI=1S/C13H11N3O/c1-17-12-9-5-8-11-14-13(15-16(11)12)10-6-3-2-4-7-10/h2-9H,1H3. The van der Waals surface area contributed by atoms with Gasteiger partial charge >= 0.3 is 0 Å². The van der Waals surface area contributed by atoms with Crippen LogP contribution in [0.25, 0.3) is 17.0 Å². The lowest BCUT2D eigenvalue weighted by Crippen LogP contribution is -1.94. The van der Waals surface area contributed by atoms with E-state index >= 15 is 0 Å². The van der Waals surface area contributed by atoms with Crippen molar-refractivity contribution in [2.45, 2.75) is 0 Å². The number of hydrogen-bond acceptors (Lipinski definition) is 3. The van der Waals surface area contributed by atoms with Gasteiger partial charge < -0.3 is 4.74 Å². The molecule has 3 rings (SSSR count). The highest BCUT2D eigenvalue weighted by Crippen LogP contribution is 2.18. The normalized spacial score (nSPS) is 10.6. The highest BCUT2D eigenvalue weighted by Gasteiger charge is 2.08. The molecule has 0 bridgehead atoms. The molecule has 0 atom stereocenters. The van der Waals surface area contributed by atoms with Crippen molar-refractivity contribution in [1.82, 2.24) is 14.6 Å². The van der Waals surface area contributed by atoms with Crippen LogP contribution in [0, 0.1) is 0 Å². The molecule has 4 nitrogen and oxygen atoms in total. The summed E-state index contributed by atoms with van der Waals surface area (Å²) in [4.78, 5) is 4.46. The molecule has 0 saturated heterocycles. The SMILES string of the molecule is COc1cccc2nc(-c3ccccc3)nn12. The first-order chi connectivity index (χ1) is 8.38. The van der Waals surface area contributed by atoms with Crippen LogP contribution in [0.15, 0.2) is 48.5 Å². The maximum Gasteiger partial charge on any atom is 0.216 e. The van der Waals surface area contributed by atoms with Crippen molar-refractivity contribution in [3.63, 3.8) is 0 Å². The highest BCUT2D eigenvalue weighted by atomic mass is 16.5. The quantitative estimate of drug-likeness (QED) is 0.672. The number of ether oxygens (including phenoxy) is 1. The second-order valence-corrected chi connectivity index (χ2v) is 3.64. The van der Waals surface area contributed by atoms with Gasteiger partial charge in [-0.05, 0) is 6.07 Å². The predicted molar refractivity (Wildman–Crippen MR) is 65.0 cm³/mol. The maximum absolute atomic E-state index is 5.24. The highest BCUT2D eigenvalue weighted by molar-refractivity contribution is 5.58. The van der Waals surface area contributed by atoms with Crippen molar-refractivity contribution < 1.29 is 4.74 Å². The van der Waals surface area contributed by atoms with Gasteiger partial charge in [-0.15, -0.1) is 5.10 Å². The molecule has 4 heteroatoms. The first-order valence-corrected chi connectivity index (χ1v) is 5.34. The van der Waals surface area contributed by atoms with Gasteiger partial charge in [-0.2, -0.15) is 4.52 Å². The van der Waals surface area contributed by atoms with Crippen LogP contribution in [-0.4, -0.2) is 21.7 Å². The topological polar surface area (TPSA) is 39.4 Å². The van der Waals surface area contributed by atoms with Crippen molar-refractivity contribution in [1.29, 1.82) is 0 Å². The van der Waals surface area contributed by atoms with E-state index in [4.69, 9.17) is 4.74 Å². The summed E-state index contributed by atoms with van der Waals surface area (Å²) >= 11 is 0. The zero-order chi connectivity index (χ0) is 11.7. The summed E-state index contributed by atoms with van der Waals surface area (Å²) < 4.78 is 6.93. The predicted octanol–water partition coefficient (Wildman–Crippen LogP) is 2.40. The number of nitrogens with zero attached hydrogens (tertiary/aromatic N) is 3. The number of benzene rings is 1. The summed E-state index contributed by atoms with van der Waals surface area (Å²) in [5.41, 5.74) is 1.78. The fourth-order valence-electron chi connectivity index (χ4n) is 1.75. The lowest BCUT2D eigenvalue weighted by Gasteiger charge is -1.99. The molecule has 0 aliphatic heterocycles. The summed E-state index contributed by atoms with van der Waals surface area (Å²) in [6.45, 7) is 0. The molecule has 2 aromatic heterocycles. The molecular formula is C13H11N3O. The Hall–Kier alpha value is -2.36. The Labute approximate surface area is 98.5 Å². The number of pyridine rings is 1. The van der Waals surface area contributed by atoms with Crippen LogP contribution in [-0.2, 0) is 0 Å². The summed E-state index contributed by atoms with van der Waals surface area (Å²) in [6.07, 6.45) is 0. The molecule has 0 unspecified atom stereocenters. The van der Waals surface area contributed by atoms with Crippen LogP contribution in [0.1, 0.15) is 0 Å². The van der Waals surface area contributed by atoms with E-state index in [9.17, 15) is 0 Å². The summed E-state index contributed by atoms with van der Waals surface area (Å²) in [7, 11) is 1.62. The Morgan fingerprint density at radius 3 is 2.59 bits per heavy atom. The van der Waals surface area contributed by atoms with Crippen LogP contribution in [0.4, 0.5) is 0 Å². The van der Waals surface area contributed by atoms with Gasteiger partial charge in [-0.3, -0.25) is 0 Å². The molecule has 0 saturated carbocycles. The van der Waals surface area contributed by atoms with Crippen LogP contribution in [0.2, 0.25) is 0 Å². The van der Waals surface area contributed by atoms with Gasteiger partial charge in [0, 0.05) is 11.6 Å². The van der Waals surface area contributed by atoms with E-state index in [1.807, 2.05) is 48.5 Å². The van der Waals surface area contributed by atoms with E-state index in [0.717, 1.165) is 11.2 Å². The fraction of sp³-hybridized carbons (Fsp3) is 0.0769. The minimum atomic E-state index is 0.678. The zero-order valence-electron chi connectivity index (χ0n) is 9.37. The van der Waals surface area contributed by atoms with E-state index < -0.39 is 0 Å². The molecule has 1 aromatic carbocycles. The van der Waals surface area contributed by atoms with Gasteiger partial charge in [0.2, 0.25) is 5.88 Å². The van der Waals surface area contributed by atoms with Crippen molar-refractivity contribution in [3.05, 3.63) is 48.5 Å². The van der Waals surface area contributed by atoms with E-state index in [1.165, 1.54) is 0 Å². The summed E-state index contributed by atoms with van der Waals surface area (Å²) in [5.74, 6) is 1.38. The molecule has 0 aliphatic rings. The van der Waals surface area contributed by atoms with Crippen molar-refractivity contribution in [2.24, 2.45) is 0 Å². The molecule has 0 fully saturated rings. The molecular weight excluding hydrogens is 214 g/mol. The fourth-order valence-corrected chi connectivity index (χ4v) is 1.75. The van der Waals surface area contributed by atoms with E-state index in [0.29, 0.717) is 11.7 Å². The van der Waals surface area contributed by atoms with Gasteiger partial charge in [0.25, 0.3) is 0 Å². The van der Waals surface area contributed by atoms with E-state index in [-0.39, 0.29) is 0 Å².